The molecule has 1 aromatic carbocycles. The van der Waals surface area contributed by atoms with E-state index in [1.165, 1.54) is 12.8 Å². The van der Waals surface area contributed by atoms with Gasteiger partial charge >= 0.3 is 6.09 Å². The number of amides is 2. The first kappa shape index (κ1) is 31.2. The standard InChI is InChI=1S/C37H47N7O4/c1-37(2,3)48-36(46)41-31-25-9-10-28(31)43(21-25)35(45)26-16-27-32(30(18-26)47-4)44(20-23-11-14-38-15-12-23)34(40-27)29-17-24-6-5-13-39-33(24)42(29)19-22-7-8-22/h5-6,13,16-18,22-23,25,28,31,38H,7-12,14-15,19-21H2,1-4H3,(H,41,46)/t25?,28?,31-/m1/s1. The lowest BCUT2D eigenvalue weighted by atomic mass is 9.98. The van der Waals surface area contributed by atoms with Crippen molar-refractivity contribution < 1.29 is 19.1 Å². The summed E-state index contributed by atoms with van der Waals surface area (Å²) in [6, 6.07) is 9.98. The smallest absolute Gasteiger partial charge is 0.407 e. The Labute approximate surface area is 281 Å². The second-order valence-corrected chi connectivity index (χ2v) is 15.3. The predicted octanol–water partition coefficient (Wildman–Crippen LogP) is 5.60. The molecule has 2 N–H and O–H groups in total. The fourth-order valence-corrected chi connectivity index (χ4v) is 8.28. The Morgan fingerprint density at radius 2 is 1.77 bits per heavy atom. The number of ether oxygens (including phenoxy) is 2. The SMILES string of the molecule is COc1cc(C(=O)N2CC3CCC2[C@@H]3NC(=O)OC(C)(C)C)cc2nc(-c3cc4cccnc4n3CC3CC3)n(CC3CCNCC3)c12. The molecule has 3 aromatic heterocycles. The fourth-order valence-electron chi connectivity index (χ4n) is 8.28. The van der Waals surface area contributed by atoms with Crippen LogP contribution in [-0.2, 0) is 17.8 Å². The van der Waals surface area contributed by atoms with Gasteiger partial charge in [0.05, 0.1) is 30.4 Å². The van der Waals surface area contributed by atoms with E-state index >= 15 is 0 Å². The zero-order valence-corrected chi connectivity index (χ0v) is 28.5. The second kappa shape index (κ2) is 12.1. The third-order valence-corrected chi connectivity index (χ3v) is 10.7. The third kappa shape index (κ3) is 5.80. The molecule has 11 heteroatoms. The number of carbonyl (C=O) groups is 2. The van der Waals surface area contributed by atoms with Gasteiger partial charge in [0.25, 0.3) is 5.91 Å². The molecule has 4 fully saturated rings. The number of piperidine rings is 2. The van der Waals surface area contributed by atoms with Crippen LogP contribution in [0.15, 0.2) is 36.5 Å². The maximum absolute atomic E-state index is 14.3. The Hall–Kier alpha value is -4.12. The summed E-state index contributed by atoms with van der Waals surface area (Å²) in [7, 11) is 1.68. The van der Waals surface area contributed by atoms with E-state index in [0.29, 0.717) is 29.7 Å². The van der Waals surface area contributed by atoms with Gasteiger partial charge in [-0.05, 0) is 120 Å². The topological polar surface area (TPSA) is 116 Å². The van der Waals surface area contributed by atoms with Gasteiger partial charge in [-0.15, -0.1) is 0 Å². The highest BCUT2D eigenvalue weighted by Crippen LogP contribution is 2.41. The summed E-state index contributed by atoms with van der Waals surface area (Å²) in [5, 5.41) is 7.69. The fraction of sp³-hybridized carbons (Fsp3) is 0.568. The average molecular weight is 654 g/mol. The molecule has 2 bridgehead atoms. The van der Waals surface area contributed by atoms with Gasteiger partial charge in [-0.3, -0.25) is 4.79 Å². The Kier molecular flexibility index (Phi) is 7.85. The van der Waals surface area contributed by atoms with E-state index in [-0.39, 0.29) is 23.9 Å². The van der Waals surface area contributed by atoms with E-state index in [4.69, 9.17) is 19.4 Å². The van der Waals surface area contributed by atoms with Crippen LogP contribution in [0.5, 0.6) is 5.75 Å². The number of carbonyl (C=O) groups excluding carboxylic acids is 2. The molecule has 2 saturated carbocycles. The molecule has 254 valence electrons. The van der Waals surface area contributed by atoms with Gasteiger partial charge in [-0.2, -0.15) is 0 Å². The molecule has 2 aliphatic carbocycles. The Bertz CT molecular complexity index is 1860. The number of imidazole rings is 1. The second-order valence-electron chi connectivity index (χ2n) is 15.3. The van der Waals surface area contributed by atoms with Crippen LogP contribution in [-0.4, -0.2) is 80.4 Å². The van der Waals surface area contributed by atoms with Crippen LogP contribution in [0.4, 0.5) is 4.79 Å². The molecular formula is C37H47N7O4. The molecule has 2 saturated heterocycles. The van der Waals surface area contributed by atoms with Gasteiger partial charge in [0.1, 0.15) is 22.5 Å². The first-order valence-electron chi connectivity index (χ1n) is 17.7. The van der Waals surface area contributed by atoms with Crippen molar-refractivity contribution >= 4 is 34.1 Å². The molecule has 11 nitrogen and oxygen atoms in total. The van der Waals surface area contributed by atoms with Crippen molar-refractivity contribution in [1.82, 2.24) is 34.6 Å². The van der Waals surface area contributed by atoms with E-state index in [0.717, 1.165) is 85.4 Å². The number of hydrogen-bond donors (Lipinski definition) is 2. The highest BCUT2D eigenvalue weighted by molar-refractivity contribution is 6.00. The van der Waals surface area contributed by atoms with Gasteiger partial charge in [0.2, 0.25) is 0 Å². The Balaban J connectivity index is 1.18. The molecule has 8 rings (SSSR count). The highest BCUT2D eigenvalue weighted by Gasteiger charge is 2.50. The molecule has 48 heavy (non-hydrogen) atoms. The number of rotatable bonds is 8. The van der Waals surface area contributed by atoms with E-state index in [9.17, 15) is 9.59 Å². The number of aromatic nitrogens is 4. The van der Waals surface area contributed by atoms with Crippen molar-refractivity contribution in [1.29, 1.82) is 0 Å². The van der Waals surface area contributed by atoms with Crippen molar-refractivity contribution in [3.63, 3.8) is 0 Å². The molecular weight excluding hydrogens is 606 g/mol. The maximum atomic E-state index is 14.3. The third-order valence-electron chi connectivity index (χ3n) is 10.7. The van der Waals surface area contributed by atoms with Crippen LogP contribution in [0, 0.1) is 17.8 Å². The number of nitrogens with one attached hydrogen (secondary N) is 2. The normalized spacial score (nSPS) is 22.9. The van der Waals surface area contributed by atoms with E-state index < -0.39 is 11.7 Å². The number of fused-ring (bicyclic) bond motifs is 4. The first-order chi connectivity index (χ1) is 23.2. The summed E-state index contributed by atoms with van der Waals surface area (Å²) in [5.41, 5.74) is 3.70. The van der Waals surface area contributed by atoms with Gasteiger partial charge in [-0.1, -0.05) is 0 Å². The highest BCUT2D eigenvalue weighted by atomic mass is 16.6. The lowest BCUT2D eigenvalue weighted by Crippen LogP contribution is -2.46. The van der Waals surface area contributed by atoms with E-state index in [2.05, 4.69) is 31.9 Å². The number of hydrogen-bond acceptors (Lipinski definition) is 7. The number of methoxy groups -OCH3 is 1. The minimum Gasteiger partial charge on any atom is -0.494 e. The van der Waals surface area contributed by atoms with Crippen LogP contribution in [0.3, 0.4) is 0 Å². The first-order valence-corrected chi connectivity index (χ1v) is 17.7. The molecule has 5 heterocycles. The van der Waals surface area contributed by atoms with Crippen LogP contribution in [0.25, 0.3) is 33.6 Å². The summed E-state index contributed by atoms with van der Waals surface area (Å²) in [5.74, 6) is 2.86. The van der Waals surface area contributed by atoms with E-state index in [1.807, 2.05) is 50.1 Å². The monoisotopic (exact) mass is 653 g/mol. The predicted molar refractivity (Wildman–Crippen MR) is 184 cm³/mol. The van der Waals surface area contributed by atoms with Crippen molar-refractivity contribution in [2.75, 3.05) is 26.7 Å². The number of pyridine rings is 1. The van der Waals surface area contributed by atoms with Gasteiger partial charge < -0.3 is 34.1 Å². The molecule has 0 spiro atoms. The minimum atomic E-state index is -0.581. The van der Waals surface area contributed by atoms with Crippen molar-refractivity contribution in [3.8, 4) is 17.3 Å². The van der Waals surface area contributed by atoms with Gasteiger partial charge in [0.15, 0.2) is 5.82 Å². The van der Waals surface area contributed by atoms with Crippen LogP contribution < -0.4 is 15.4 Å². The molecule has 4 aliphatic rings. The zero-order valence-electron chi connectivity index (χ0n) is 28.5. The Morgan fingerprint density at radius 3 is 2.52 bits per heavy atom. The van der Waals surface area contributed by atoms with Crippen molar-refractivity contribution in [2.45, 2.75) is 90.1 Å². The van der Waals surface area contributed by atoms with Crippen molar-refractivity contribution in [3.05, 3.63) is 42.1 Å². The summed E-state index contributed by atoms with van der Waals surface area (Å²) < 4.78 is 16.3. The average Bonchev–Trinajstić information content (AvgIpc) is 3.38. The maximum Gasteiger partial charge on any atom is 0.407 e. The quantitative estimate of drug-likeness (QED) is 0.255. The summed E-state index contributed by atoms with van der Waals surface area (Å²) in [6.07, 6.45) is 7.94. The molecule has 0 radical (unpaired) electrons. The number of alkyl carbamates (subject to hydrolysis) is 1. The molecule has 2 unspecified atom stereocenters. The van der Waals surface area contributed by atoms with Crippen LogP contribution in [0.1, 0.15) is 69.7 Å². The lowest BCUT2D eigenvalue weighted by Gasteiger charge is -2.28. The minimum absolute atomic E-state index is 0.0557. The largest absolute Gasteiger partial charge is 0.494 e. The molecule has 4 aromatic rings. The molecule has 2 amide bonds. The number of likely N-dealkylation sites (tertiary alicyclic amines) is 1. The van der Waals surface area contributed by atoms with E-state index in [1.54, 1.807) is 7.11 Å². The number of benzene rings is 1. The summed E-state index contributed by atoms with van der Waals surface area (Å²) >= 11 is 0. The van der Waals surface area contributed by atoms with Crippen LogP contribution in [0.2, 0.25) is 0 Å². The van der Waals surface area contributed by atoms with Gasteiger partial charge in [0, 0.05) is 36.8 Å². The lowest BCUT2D eigenvalue weighted by molar-refractivity contribution is 0.0485. The number of nitrogens with zero attached hydrogens (tertiary/aromatic N) is 5. The summed E-state index contributed by atoms with van der Waals surface area (Å²) in [4.78, 5) is 39.0. The zero-order chi connectivity index (χ0) is 33.2. The van der Waals surface area contributed by atoms with Crippen molar-refractivity contribution in [2.24, 2.45) is 17.8 Å². The van der Waals surface area contributed by atoms with Crippen LogP contribution >= 0.6 is 0 Å². The summed E-state index contributed by atoms with van der Waals surface area (Å²) in [6.45, 7) is 9.94. The Morgan fingerprint density at radius 1 is 1.00 bits per heavy atom. The van der Waals surface area contributed by atoms with Gasteiger partial charge in [-0.25, -0.2) is 14.8 Å². The molecule has 3 atom stereocenters. The molecule has 2 aliphatic heterocycles.